The second-order valence-corrected chi connectivity index (χ2v) is 9.28. The van der Waals surface area contributed by atoms with Crippen LogP contribution in [-0.4, -0.2) is 17.5 Å². The Hall–Kier alpha value is -1.58. The van der Waals surface area contributed by atoms with E-state index in [1.807, 2.05) is 6.92 Å². The van der Waals surface area contributed by atoms with Gasteiger partial charge < -0.3 is 10.5 Å². The minimum atomic E-state index is -1.20. The minimum absolute atomic E-state index is 0.289. The highest BCUT2D eigenvalue weighted by atomic mass is 16.6. The number of carbonyl (C=O) groups excluding carboxylic acids is 2. The maximum absolute atomic E-state index is 11.9. The van der Waals surface area contributed by atoms with Gasteiger partial charge in [0, 0.05) is 5.57 Å². The predicted molar refractivity (Wildman–Crippen MR) is 136 cm³/mol. The summed E-state index contributed by atoms with van der Waals surface area (Å²) in [7, 11) is 0. The molecule has 1 amide bonds. The summed E-state index contributed by atoms with van der Waals surface area (Å²) >= 11 is 0. The van der Waals surface area contributed by atoms with Crippen LogP contribution in [0.3, 0.4) is 0 Å². The van der Waals surface area contributed by atoms with Gasteiger partial charge in [0.05, 0.1) is 0 Å². The maximum Gasteiger partial charge on any atom is 0.334 e. The number of allylic oxidation sites excluding steroid dienone is 2. The molecule has 0 heterocycles. The van der Waals surface area contributed by atoms with Crippen LogP contribution >= 0.6 is 0 Å². The van der Waals surface area contributed by atoms with Gasteiger partial charge in [-0.25, -0.2) is 4.79 Å². The lowest BCUT2D eigenvalue weighted by Crippen LogP contribution is -2.47. The van der Waals surface area contributed by atoms with Gasteiger partial charge in [-0.1, -0.05) is 103 Å². The van der Waals surface area contributed by atoms with Crippen molar-refractivity contribution in [1.82, 2.24) is 0 Å². The molecular formula is C28H51NO3. The topological polar surface area (TPSA) is 69.4 Å². The Morgan fingerprint density at radius 2 is 1.22 bits per heavy atom. The molecule has 186 valence electrons. The van der Waals surface area contributed by atoms with E-state index in [9.17, 15) is 9.59 Å². The summed E-state index contributed by atoms with van der Waals surface area (Å²) in [6.45, 7) is 9.27. The van der Waals surface area contributed by atoms with Crippen molar-refractivity contribution < 1.29 is 14.3 Å². The number of primary amides is 1. The van der Waals surface area contributed by atoms with Crippen LogP contribution < -0.4 is 5.73 Å². The SMILES string of the molecule is C=C(C)C(=O)OC(CC)(CCCCCCCCCC/C=C\CCCCCCCC)C(N)=O. The van der Waals surface area contributed by atoms with E-state index in [0.717, 1.165) is 19.3 Å². The number of unbranched alkanes of at least 4 members (excludes halogenated alkanes) is 14. The fourth-order valence-corrected chi connectivity index (χ4v) is 3.92. The molecule has 0 saturated heterocycles. The monoisotopic (exact) mass is 449 g/mol. The van der Waals surface area contributed by atoms with Gasteiger partial charge >= 0.3 is 5.97 Å². The first-order valence-corrected chi connectivity index (χ1v) is 13.2. The summed E-state index contributed by atoms with van der Waals surface area (Å²) in [5, 5.41) is 0. The van der Waals surface area contributed by atoms with E-state index in [1.54, 1.807) is 6.92 Å². The molecule has 0 aromatic carbocycles. The highest BCUT2D eigenvalue weighted by Gasteiger charge is 2.38. The van der Waals surface area contributed by atoms with Crippen LogP contribution in [-0.2, 0) is 14.3 Å². The number of ether oxygens (including phenoxy) is 1. The van der Waals surface area contributed by atoms with Crippen molar-refractivity contribution in [3.63, 3.8) is 0 Å². The third-order valence-corrected chi connectivity index (χ3v) is 6.25. The number of rotatable bonds is 22. The Kier molecular flexibility index (Phi) is 19.1. The van der Waals surface area contributed by atoms with Crippen molar-refractivity contribution in [3.05, 3.63) is 24.3 Å². The standard InChI is InChI=1S/C28H51NO3/c1-5-7-8-9-10-11-12-13-14-15-16-17-18-19-20-21-22-23-24-28(6-2,27(29)31)32-26(30)25(3)4/h13-14H,3,5-12,15-24H2,1-2,4H3,(H2,29,31)/b14-13-. The van der Waals surface area contributed by atoms with Gasteiger partial charge in [-0.15, -0.1) is 0 Å². The van der Waals surface area contributed by atoms with Crippen LogP contribution in [0.15, 0.2) is 24.3 Å². The molecule has 1 unspecified atom stereocenters. The van der Waals surface area contributed by atoms with Crippen LogP contribution in [0.1, 0.15) is 136 Å². The summed E-state index contributed by atoms with van der Waals surface area (Å²) in [6.07, 6.45) is 25.7. The smallest absolute Gasteiger partial charge is 0.334 e. The van der Waals surface area contributed by atoms with Crippen molar-refractivity contribution >= 4 is 11.9 Å². The number of hydrogen-bond acceptors (Lipinski definition) is 3. The number of carbonyl (C=O) groups is 2. The predicted octanol–water partition coefficient (Wildman–Crippen LogP) is 7.95. The van der Waals surface area contributed by atoms with Crippen LogP contribution in [0.5, 0.6) is 0 Å². The fraction of sp³-hybridized carbons (Fsp3) is 0.786. The first kappa shape index (κ1) is 30.4. The molecule has 0 bridgehead atoms. The van der Waals surface area contributed by atoms with Crippen molar-refractivity contribution in [2.24, 2.45) is 5.73 Å². The largest absolute Gasteiger partial charge is 0.446 e. The summed E-state index contributed by atoms with van der Waals surface area (Å²) in [5.41, 5.74) is 4.65. The molecule has 0 aromatic rings. The van der Waals surface area contributed by atoms with Gasteiger partial charge in [0.25, 0.3) is 5.91 Å². The van der Waals surface area contributed by atoms with Crippen LogP contribution in [0, 0.1) is 0 Å². The zero-order chi connectivity index (χ0) is 24.1. The molecule has 0 aliphatic carbocycles. The Morgan fingerprint density at radius 3 is 1.62 bits per heavy atom. The van der Waals surface area contributed by atoms with Gasteiger partial charge in [0.1, 0.15) is 0 Å². The highest BCUT2D eigenvalue weighted by Crippen LogP contribution is 2.25. The molecule has 4 nitrogen and oxygen atoms in total. The van der Waals surface area contributed by atoms with Gasteiger partial charge in [-0.05, 0) is 51.9 Å². The molecule has 2 N–H and O–H groups in total. The molecule has 0 rings (SSSR count). The average molecular weight is 450 g/mol. The summed E-state index contributed by atoms with van der Waals surface area (Å²) < 4.78 is 5.42. The lowest BCUT2D eigenvalue weighted by atomic mass is 9.91. The lowest BCUT2D eigenvalue weighted by molar-refractivity contribution is -0.165. The van der Waals surface area contributed by atoms with E-state index in [0.29, 0.717) is 12.8 Å². The molecule has 0 aromatic heterocycles. The molecule has 1 atom stereocenters. The molecule has 4 heteroatoms. The molecule has 0 radical (unpaired) electrons. The van der Waals surface area contributed by atoms with Gasteiger partial charge in [-0.2, -0.15) is 0 Å². The summed E-state index contributed by atoms with van der Waals surface area (Å²) in [5.74, 6) is -1.10. The number of nitrogens with two attached hydrogens (primary N) is 1. The highest BCUT2D eigenvalue weighted by molar-refractivity contribution is 5.92. The number of amides is 1. The Labute approximate surface area is 198 Å². The minimum Gasteiger partial charge on any atom is -0.446 e. The molecule has 0 aliphatic heterocycles. The van der Waals surface area contributed by atoms with E-state index < -0.39 is 17.5 Å². The molecular weight excluding hydrogens is 398 g/mol. The quantitative estimate of drug-likeness (QED) is 0.0789. The third kappa shape index (κ3) is 15.3. The molecule has 32 heavy (non-hydrogen) atoms. The maximum atomic E-state index is 11.9. The van der Waals surface area contributed by atoms with Crippen LogP contribution in [0.2, 0.25) is 0 Å². The van der Waals surface area contributed by atoms with E-state index in [4.69, 9.17) is 10.5 Å². The van der Waals surface area contributed by atoms with Crippen molar-refractivity contribution in [2.75, 3.05) is 0 Å². The van der Waals surface area contributed by atoms with Crippen LogP contribution in [0.25, 0.3) is 0 Å². The molecule has 0 spiro atoms. The number of esters is 1. The van der Waals surface area contributed by atoms with E-state index in [2.05, 4.69) is 25.7 Å². The fourth-order valence-electron chi connectivity index (χ4n) is 3.92. The van der Waals surface area contributed by atoms with Gasteiger partial charge in [-0.3, -0.25) is 4.79 Å². The molecule has 0 aliphatic rings. The van der Waals surface area contributed by atoms with Crippen molar-refractivity contribution in [1.29, 1.82) is 0 Å². The Balaban J connectivity index is 3.70. The first-order valence-electron chi connectivity index (χ1n) is 13.2. The zero-order valence-corrected chi connectivity index (χ0v) is 21.4. The normalized spacial score (nSPS) is 13.2. The third-order valence-electron chi connectivity index (χ3n) is 6.25. The summed E-state index contributed by atoms with van der Waals surface area (Å²) in [6, 6.07) is 0. The first-order chi connectivity index (χ1) is 15.4. The second kappa shape index (κ2) is 20.1. The van der Waals surface area contributed by atoms with Gasteiger partial charge in [0.2, 0.25) is 0 Å². The van der Waals surface area contributed by atoms with Crippen LogP contribution in [0.4, 0.5) is 0 Å². The van der Waals surface area contributed by atoms with Crippen molar-refractivity contribution in [3.8, 4) is 0 Å². The number of hydrogen-bond donors (Lipinski definition) is 1. The van der Waals surface area contributed by atoms with E-state index in [-0.39, 0.29) is 5.57 Å². The lowest BCUT2D eigenvalue weighted by Gasteiger charge is -2.29. The Bertz CT molecular complexity index is 541. The molecule has 0 saturated carbocycles. The van der Waals surface area contributed by atoms with E-state index in [1.165, 1.54) is 83.5 Å². The Morgan fingerprint density at radius 1 is 0.781 bits per heavy atom. The average Bonchev–Trinajstić information content (AvgIpc) is 2.77. The molecule has 0 fully saturated rings. The second-order valence-electron chi connectivity index (χ2n) is 9.28. The van der Waals surface area contributed by atoms with Crippen molar-refractivity contribution in [2.45, 2.75) is 142 Å². The zero-order valence-electron chi connectivity index (χ0n) is 21.4. The van der Waals surface area contributed by atoms with Gasteiger partial charge in [0.15, 0.2) is 5.60 Å². The van der Waals surface area contributed by atoms with E-state index >= 15 is 0 Å². The summed E-state index contributed by atoms with van der Waals surface area (Å²) in [4.78, 5) is 23.8.